The molecule has 0 saturated carbocycles. The predicted molar refractivity (Wildman–Crippen MR) is 108 cm³/mol. The third-order valence-electron chi connectivity index (χ3n) is 4.89. The molecule has 0 aliphatic carbocycles. The fraction of sp³-hybridized carbons (Fsp3) is 0.737. The van der Waals surface area contributed by atoms with Gasteiger partial charge in [-0.05, 0) is 19.8 Å². The zero-order chi connectivity index (χ0) is 19.2. The second-order valence-electron chi connectivity index (χ2n) is 7.32. The van der Waals surface area contributed by atoms with Crippen LogP contribution in [0.2, 0.25) is 0 Å². The van der Waals surface area contributed by atoms with Crippen LogP contribution in [0.3, 0.4) is 0 Å². The molecule has 2 fully saturated rings. The molecule has 0 aromatic carbocycles. The van der Waals surface area contributed by atoms with Crippen molar-refractivity contribution in [1.82, 2.24) is 20.1 Å². The first-order valence-corrected chi connectivity index (χ1v) is 10.8. The Hall–Kier alpha value is -1.67. The van der Waals surface area contributed by atoms with Crippen LogP contribution in [-0.4, -0.2) is 72.1 Å². The Balaban J connectivity index is 1.56. The van der Waals surface area contributed by atoms with Gasteiger partial charge >= 0.3 is 0 Å². The van der Waals surface area contributed by atoms with E-state index in [1.807, 2.05) is 4.90 Å². The number of carbonyl (C=O) groups is 1. The molecule has 2 aliphatic heterocycles. The Morgan fingerprint density at radius 3 is 2.70 bits per heavy atom. The number of hydrogen-bond donors (Lipinski definition) is 1. The Bertz CT molecular complexity index is 646. The average Bonchev–Trinajstić information content (AvgIpc) is 3.36. The van der Waals surface area contributed by atoms with Gasteiger partial charge in [-0.2, -0.15) is 0 Å². The molecule has 2 aliphatic rings. The summed E-state index contributed by atoms with van der Waals surface area (Å²) in [5, 5.41) is 6.63. The molecule has 1 amide bonds. The molecule has 1 N–H and O–H groups in total. The normalized spacial score (nSPS) is 21.2. The van der Waals surface area contributed by atoms with Gasteiger partial charge in [0.1, 0.15) is 6.10 Å². The quantitative estimate of drug-likeness (QED) is 0.612. The number of aromatic nitrogens is 1. The van der Waals surface area contributed by atoms with E-state index >= 15 is 0 Å². The number of aliphatic imine (C=N–C) groups is 1. The standard InChI is InChI=1S/C19H31N5O2S/c1-4-20-19(21-12-15-13-27-17(22-15)14(2)3)24-9-7-23(8-10-24)18(25)16-6-5-11-26-16/h13-14,16H,4-12H2,1-3H3,(H,20,21). The van der Waals surface area contributed by atoms with Crippen LogP contribution < -0.4 is 5.32 Å². The lowest BCUT2D eigenvalue weighted by atomic mass is 10.2. The molecule has 7 nitrogen and oxygen atoms in total. The van der Waals surface area contributed by atoms with E-state index in [1.165, 1.54) is 0 Å². The van der Waals surface area contributed by atoms with E-state index in [2.05, 4.69) is 41.4 Å². The van der Waals surface area contributed by atoms with Crippen molar-refractivity contribution in [3.63, 3.8) is 0 Å². The van der Waals surface area contributed by atoms with Crippen LogP contribution in [-0.2, 0) is 16.1 Å². The summed E-state index contributed by atoms with van der Waals surface area (Å²) in [6.45, 7) is 11.5. The lowest BCUT2D eigenvalue weighted by Crippen LogP contribution is -2.55. The Morgan fingerprint density at radius 1 is 1.37 bits per heavy atom. The summed E-state index contributed by atoms with van der Waals surface area (Å²) >= 11 is 1.70. The molecule has 0 radical (unpaired) electrons. The number of rotatable bonds is 5. The van der Waals surface area contributed by atoms with Crippen LogP contribution in [0.5, 0.6) is 0 Å². The molecular formula is C19H31N5O2S. The number of nitrogens with zero attached hydrogens (tertiary/aromatic N) is 4. The van der Waals surface area contributed by atoms with Crippen LogP contribution in [0.1, 0.15) is 50.2 Å². The molecule has 2 saturated heterocycles. The number of ether oxygens (including phenoxy) is 1. The largest absolute Gasteiger partial charge is 0.368 e. The third-order valence-corrected chi connectivity index (χ3v) is 6.08. The molecule has 1 unspecified atom stereocenters. The number of thiazole rings is 1. The summed E-state index contributed by atoms with van der Waals surface area (Å²) < 4.78 is 5.54. The first kappa shape index (κ1) is 20.1. The Morgan fingerprint density at radius 2 is 2.11 bits per heavy atom. The molecular weight excluding hydrogens is 362 g/mol. The molecule has 150 valence electrons. The smallest absolute Gasteiger partial charge is 0.251 e. The lowest BCUT2D eigenvalue weighted by molar-refractivity contribution is -0.142. The van der Waals surface area contributed by atoms with E-state index in [4.69, 9.17) is 9.73 Å². The zero-order valence-electron chi connectivity index (χ0n) is 16.6. The Labute approximate surface area is 165 Å². The molecule has 27 heavy (non-hydrogen) atoms. The van der Waals surface area contributed by atoms with Crippen LogP contribution in [0.25, 0.3) is 0 Å². The predicted octanol–water partition coefficient (Wildman–Crippen LogP) is 2.06. The summed E-state index contributed by atoms with van der Waals surface area (Å²) in [7, 11) is 0. The monoisotopic (exact) mass is 393 g/mol. The van der Waals surface area contributed by atoms with Crippen LogP contribution in [0.15, 0.2) is 10.4 Å². The first-order valence-electron chi connectivity index (χ1n) is 9.96. The minimum atomic E-state index is -0.224. The third kappa shape index (κ3) is 5.19. The Kier molecular flexibility index (Phi) is 7.07. The second kappa shape index (κ2) is 9.50. The van der Waals surface area contributed by atoms with Gasteiger partial charge in [0.05, 0.1) is 17.2 Å². The number of hydrogen-bond acceptors (Lipinski definition) is 5. The van der Waals surface area contributed by atoms with Gasteiger partial charge in [-0.1, -0.05) is 13.8 Å². The van der Waals surface area contributed by atoms with Gasteiger partial charge in [0.15, 0.2) is 5.96 Å². The van der Waals surface area contributed by atoms with E-state index in [0.29, 0.717) is 19.1 Å². The molecule has 3 rings (SSSR count). The number of piperazine rings is 1. The molecule has 1 aromatic heterocycles. The highest BCUT2D eigenvalue weighted by Gasteiger charge is 2.30. The second-order valence-corrected chi connectivity index (χ2v) is 8.21. The molecule has 3 heterocycles. The number of amides is 1. The minimum absolute atomic E-state index is 0.151. The number of carbonyl (C=O) groups excluding carboxylic acids is 1. The number of guanidine groups is 1. The van der Waals surface area contributed by atoms with Gasteiger partial charge in [0.2, 0.25) is 0 Å². The van der Waals surface area contributed by atoms with Crippen LogP contribution in [0, 0.1) is 0 Å². The summed E-state index contributed by atoms with van der Waals surface area (Å²) in [6.07, 6.45) is 1.62. The number of nitrogens with one attached hydrogen (secondary N) is 1. The molecule has 8 heteroatoms. The summed E-state index contributed by atoms with van der Waals surface area (Å²) in [5.41, 5.74) is 1.02. The van der Waals surface area contributed by atoms with E-state index < -0.39 is 0 Å². The highest BCUT2D eigenvalue weighted by Crippen LogP contribution is 2.20. The van der Waals surface area contributed by atoms with Crippen LogP contribution >= 0.6 is 11.3 Å². The van der Waals surface area contributed by atoms with Gasteiger partial charge in [0.25, 0.3) is 5.91 Å². The summed E-state index contributed by atoms with van der Waals surface area (Å²) in [6, 6.07) is 0. The van der Waals surface area contributed by atoms with Crippen molar-refractivity contribution in [3.8, 4) is 0 Å². The van der Waals surface area contributed by atoms with Crippen molar-refractivity contribution < 1.29 is 9.53 Å². The van der Waals surface area contributed by atoms with Crippen molar-refractivity contribution in [2.75, 3.05) is 39.3 Å². The van der Waals surface area contributed by atoms with Gasteiger partial charge in [-0.25, -0.2) is 9.98 Å². The van der Waals surface area contributed by atoms with Crippen molar-refractivity contribution >= 4 is 23.2 Å². The van der Waals surface area contributed by atoms with Crippen molar-refractivity contribution in [1.29, 1.82) is 0 Å². The van der Waals surface area contributed by atoms with Gasteiger partial charge in [-0.15, -0.1) is 11.3 Å². The molecule has 1 atom stereocenters. The highest BCUT2D eigenvalue weighted by molar-refractivity contribution is 7.09. The summed E-state index contributed by atoms with van der Waals surface area (Å²) in [4.78, 5) is 26.1. The minimum Gasteiger partial charge on any atom is -0.368 e. The van der Waals surface area contributed by atoms with Crippen molar-refractivity contribution in [2.24, 2.45) is 4.99 Å². The highest BCUT2D eigenvalue weighted by atomic mass is 32.1. The topological polar surface area (TPSA) is 70.1 Å². The fourth-order valence-corrected chi connectivity index (χ4v) is 4.18. The molecule has 0 bridgehead atoms. The van der Waals surface area contributed by atoms with Gasteiger partial charge in [0, 0.05) is 50.6 Å². The maximum Gasteiger partial charge on any atom is 0.251 e. The van der Waals surface area contributed by atoms with E-state index in [-0.39, 0.29) is 12.0 Å². The zero-order valence-corrected chi connectivity index (χ0v) is 17.4. The lowest BCUT2D eigenvalue weighted by Gasteiger charge is -2.37. The SMILES string of the molecule is CCNC(=NCc1csc(C(C)C)n1)N1CCN(C(=O)C2CCCO2)CC1. The molecule has 0 spiro atoms. The van der Waals surface area contributed by atoms with Gasteiger partial charge < -0.3 is 19.9 Å². The van der Waals surface area contributed by atoms with E-state index in [1.54, 1.807) is 11.3 Å². The maximum atomic E-state index is 12.5. The van der Waals surface area contributed by atoms with Crippen molar-refractivity contribution in [3.05, 3.63) is 16.1 Å². The van der Waals surface area contributed by atoms with E-state index in [9.17, 15) is 4.79 Å². The summed E-state index contributed by atoms with van der Waals surface area (Å²) in [5.74, 6) is 1.51. The maximum absolute atomic E-state index is 12.5. The first-order chi connectivity index (χ1) is 13.1. The average molecular weight is 394 g/mol. The van der Waals surface area contributed by atoms with Crippen molar-refractivity contribution in [2.45, 2.75) is 52.2 Å². The van der Waals surface area contributed by atoms with Crippen LogP contribution in [0.4, 0.5) is 0 Å². The van der Waals surface area contributed by atoms with E-state index in [0.717, 1.165) is 62.2 Å². The molecule has 1 aromatic rings. The van der Waals surface area contributed by atoms with Gasteiger partial charge in [-0.3, -0.25) is 4.79 Å². The fourth-order valence-electron chi connectivity index (χ4n) is 3.36.